The van der Waals surface area contributed by atoms with E-state index in [1.807, 2.05) is 31.2 Å². The van der Waals surface area contributed by atoms with E-state index in [2.05, 4.69) is 0 Å². The van der Waals surface area contributed by atoms with Gasteiger partial charge in [0.1, 0.15) is 6.29 Å². The Kier molecular flexibility index (Phi) is 3.85. The third-order valence-corrected chi connectivity index (χ3v) is 1.84. The molecule has 0 aliphatic rings. The van der Waals surface area contributed by atoms with Crippen molar-refractivity contribution in [3.63, 3.8) is 0 Å². The number of hydroxylamine groups is 1. The van der Waals surface area contributed by atoms with Crippen LogP contribution in [0.2, 0.25) is 0 Å². The second-order valence-electron chi connectivity index (χ2n) is 3.14. The average Bonchev–Trinajstić information content (AvgIpc) is 2.18. The predicted octanol–water partition coefficient (Wildman–Crippen LogP) is 1.51. The smallest absolute Gasteiger partial charge is 0.181 e. The molecule has 0 spiro atoms. The van der Waals surface area contributed by atoms with Crippen LogP contribution >= 0.6 is 0 Å². The molecule has 0 aliphatic carbocycles. The standard InChI is InChI=1S/C11H13NO2/c1-10-3-5-11(6-4-10)9-12(14)7-2-8-13/h3-6,8-9H,2,7H2,1H3/b12-9-. The van der Waals surface area contributed by atoms with E-state index in [1.165, 1.54) is 6.21 Å². The predicted molar refractivity (Wildman–Crippen MR) is 55.5 cm³/mol. The fraction of sp³-hybridized carbons (Fsp3) is 0.273. The van der Waals surface area contributed by atoms with E-state index in [4.69, 9.17) is 0 Å². The fourth-order valence-corrected chi connectivity index (χ4v) is 1.06. The molecular formula is C11H13NO2. The third-order valence-electron chi connectivity index (χ3n) is 1.84. The van der Waals surface area contributed by atoms with Crippen molar-refractivity contribution in [1.82, 2.24) is 0 Å². The number of carbonyl (C=O) groups excluding carboxylic acids is 1. The summed E-state index contributed by atoms with van der Waals surface area (Å²) in [5.74, 6) is 0. The SMILES string of the molecule is Cc1ccc(/C=[N+](\[O-])CCC=O)cc1. The van der Waals surface area contributed by atoms with Gasteiger partial charge in [-0.15, -0.1) is 0 Å². The highest BCUT2D eigenvalue weighted by Crippen LogP contribution is 2.00. The lowest BCUT2D eigenvalue weighted by atomic mass is 10.2. The van der Waals surface area contributed by atoms with Crippen LogP contribution < -0.4 is 0 Å². The Hall–Kier alpha value is -1.64. The van der Waals surface area contributed by atoms with Crippen molar-refractivity contribution in [3.8, 4) is 0 Å². The minimum absolute atomic E-state index is 0.220. The normalized spacial score (nSPS) is 11.4. The lowest BCUT2D eigenvalue weighted by molar-refractivity contribution is -0.450. The topological polar surface area (TPSA) is 43.1 Å². The summed E-state index contributed by atoms with van der Waals surface area (Å²) in [4.78, 5) is 10.0. The maximum Gasteiger partial charge on any atom is 0.181 e. The van der Waals surface area contributed by atoms with Crippen LogP contribution in [0.1, 0.15) is 17.5 Å². The van der Waals surface area contributed by atoms with Crippen molar-refractivity contribution in [2.45, 2.75) is 13.3 Å². The summed E-state index contributed by atoms with van der Waals surface area (Å²) in [5, 5.41) is 11.2. The van der Waals surface area contributed by atoms with Gasteiger partial charge < -0.3 is 10.0 Å². The summed E-state index contributed by atoms with van der Waals surface area (Å²) >= 11 is 0. The van der Waals surface area contributed by atoms with Crippen molar-refractivity contribution < 1.29 is 9.53 Å². The molecule has 3 nitrogen and oxygen atoms in total. The van der Waals surface area contributed by atoms with Crippen LogP contribution in [-0.4, -0.2) is 23.8 Å². The maximum atomic E-state index is 11.2. The Morgan fingerprint density at radius 2 is 2.00 bits per heavy atom. The molecule has 14 heavy (non-hydrogen) atoms. The number of rotatable bonds is 4. The Morgan fingerprint density at radius 1 is 1.36 bits per heavy atom. The van der Waals surface area contributed by atoms with Gasteiger partial charge in [-0.05, 0) is 19.1 Å². The van der Waals surface area contributed by atoms with Gasteiger partial charge in [-0.25, -0.2) is 4.74 Å². The number of hydrogen-bond donors (Lipinski definition) is 0. The molecule has 1 aromatic carbocycles. The summed E-state index contributed by atoms with van der Waals surface area (Å²) in [6.45, 7) is 2.21. The molecule has 0 N–H and O–H groups in total. The molecule has 0 aliphatic heterocycles. The molecule has 0 unspecified atom stereocenters. The van der Waals surface area contributed by atoms with Crippen LogP contribution in [0, 0.1) is 12.1 Å². The van der Waals surface area contributed by atoms with Gasteiger partial charge in [0, 0.05) is 5.56 Å². The van der Waals surface area contributed by atoms with Crippen molar-refractivity contribution in [1.29, 1.82) is 0 Å². The molecule has 1 rings (SSSR count). The van der Waals surface area contributed by atoms with Gasteiger partial charge in [0.15, 0.2) is 12.8 Å². The number of benzene rings is 1. The lowest BCUT2D eigenvalue weighted by Crippen LogP contribution is -2.07. The van der Waals surface area contributed by atoms with Crippen LogP contribution in [0.4, 0.5) is 0 Å². The zero-order chi connectivity index (χ0) is 10.4. The number of hydrogen-bond acceptors (Lipinski definition) is 2. The van der Waals surface area contributed by atoms with Crippen molar-refractivity contribution >= 4 is 12.5 Å². The molecule has 0 saturated heterocycles. The number of aryl methyl sites for hydroxylation is 1. The summed E-state index contributed by atoms with van der Waals surface area (Å²) < 4.78 is 0.777. The highest BCUT2D eigenvalue weighted by atomic mass is 16.5. The molecule has 0 aromatic heterocycles. The molecular weight excluding hydrogens is 178 g/mol. The van der Waals surface area contributed by atoms with Gasteiger partial charge in [-0.2, -0.15) is 0 Å². The van der Waals surface area contributed by atoms with Crippen LogP contribution in [-0.2, 0) is 4.79 Å². The van der Waals surface area contributed by atoms with Crippen LogP contribution in [0.3, 0.4) is 0 Å². The number of aldehydes is 1. The Morgan fingerprint density at radius 3 is 2.57 bits per heavy atom. The average molecular weight is 191 g/mol. The zero-order valence-electron chi connectivity index (χ0n) is 8.14. The van der Waals surface area contributed by atoms with Gasteiger partial charge in [0.25, 0.3) is 0 Å². The molecule has 74 valence electrons. The van der Waals surface area contributed by atoms with Crippen LogP contribution in [0.5, 0.6) is 0 Å². The molecule has 0 heterocycles. The van der Waals surface area contributed by atoms with E-state index in [0.717, 1.165) is 22.2 Å². The van der Waals surface area contributed by atoms with E-state index in [1.54, 1.807) is 0 Å². The molecule has 0 radical (unpaired) electrons. The van der Waals surface area contributed by atoms with Gasteiger partial charge in [0.05, 0.1) is 6.42 Å². The summed E-state index contributed by atoms with van der Waals surface area (Å²) in [6, 6.07) is 7.64. The largest absolute Gasteiger partial charge is 0.624 e. The fourth-order valence-electron chi connectivity index (χ4n) is 1.06. The third kappa shape index (κ3) is 3.39. The summed E-state index contributed by atoms with van der Waals surface area (Å²) in [5.41, 5.74) is 2.02. The Bertz CT molecular complexity index is 328. The highest BCUT2D eigenvalue weighted by Gasteiger charge is 1.95. The van der Waals surface area contributed by atoms with Crippen LogP contribution in [0.25, 0.3) is 0 Å². The first-order valence-electron chi connectivity index (χ1n) is 4.51. The van der Waals surface area contributed by atoms with Gasteiger partial charge in [0.2, 0.25) is 0 Å². The van der Waals surface area contributed by atoms with E-state index in [0.29, 0.717) is 0 Å². The van der Waals surface area contributed by atoms with Crippen molar-refractivity contribution in [3.05, 3.63) is 40.6 Å². The maximum absolute atomic E-state index is 11.2. The van der Waals surface area contributed by atoms with Crippen molar-refractivity contribution in [2.24, 2.45) is 0 Å². The quantitative estimate of drug-likeness (QED) is 0.238. The van der Waals surface area contributed by atoms with E-state index in [9.17, 15) is 10.0 Å². The molecule has 0 fully saturated rings. The molecule has 1 aromatic rings. The highest BCUT2D eigenvalue weighted by molar-refractivity contribution is 5.75. The Balaban J connectivity index is 2.66. The zero-order valence-corrected chi connectivity index (χ0v) is 8.14. The first kappa shape index (κ1) is 10.4. The molecule has 0 amide bonds. The second kappa shape index (κ2) is 5.17. The number of carbonyl (C=O) groups is 1. The minimum atomic E-state index is 0.220. The van der Waals surface area contributed by atoms with E-state index in [-0.39, 0.29) is 13.0 Å². The molecule has 0 bridgehead atoms. The second-order valence-corrected chi connectivity index (χ2v) is 3.14. The van der Waals surface area contributed by atoms with Gasteiger partial charge >= 0.3 is 0 Å². The van der Waals surface area contributed by atoms with E-state index >= 15 is 0 Å². The first-order chi connectivity index (χ1) is 6.72. The van der Waals surface area contributed by atoms with E-state index < -0.39 is 0 Å². The molecule has 0 saturated carbocycles. The lowest BCUT2D eigenvalue weighted by Gasteiger charge is -2.01. The van der Waals surface area contributed by atoms with Crippen LogP contribution in [0.15, 0.2) is 24.3 Å². The summed E-state index contributed by atoms with van der Waals surface area (Å²) in [7, 11) is 0. The monoisotopic (exact) mass is 191 g/mol. The van der Waals surface area contributed by atoms with Gasteiger partial charge in [-0.3, -0.25) is 0 Å². The Labute approximate surface area is 83.3 Å². The number of nitrogens with zero attached hydrogens (tertiary/aromatic N) is 1. The first-order valence-corrected chi connectivity index (χ1v) is 4.51. The van der Waals surface area contributed by atoms with Crippen molar-refractivity contribution in [2.75, 3.05) is 6.54 Å². The molecule has 3 heteroatoms. The van der Waals surface area contributed by atoms with Gasteiger partial charge in [-0.1, -0.05) is 17.7 Å². The minimum Gasteiger partial charge on any atom is -0.624 e. The summed E-state index contributed by atoms with van der Waals surface area (Å²) in [6.07, 6.45) is 2.50. The molecule has 0 atom stereocenters.